The molecule has 1 aromatic heterocycles. The molecule has 0 bridgehead atoms. The van der Waals surface area contributed by atoms with E-state index in [-0.39, 0.29) is 43.1 Å². The molecule has 2 heterocycles. The molecule has 0 saturated heterocycles. The molecule has 0 aliphatic carbocycles. The van der Waals surface area contributed by atoms with Crippen molar-refractivity contribution >= 4 is 27.0 Å². The Morgan fingerprint density at radius 1 is 1.02 bits per heavy atom. The Hall–Kier alpha value is -4.74. The number of ether oxygens (including phenoxy) is 3. The lowest BCUT2D eigenvalue weighted by Gasteiger charge is -2.24. The molecule has 0 fully saturated rings. The first kappa shape index (κ1) is 32.2. The number of fused-ring (bicyclic) bond motifs is 2. The molecule has 10 nitrogen and oxygen atoms in total. The lowest BCUT2D eigenvalue weighted by molar-refractivity contribution is -0.143. The fourth-order valence-corrected chi connectivity index (χ4v) is 7.61. The van der Waals surface area contributed by atoms with Gasteiger partial charge in [-0.1, -0.05) is 65.9 Å². The molecular formula is C36H38N4O6S. The molecule has 0 radical (unpaired) electrons. The molecule has 1 aliphatic heterocycles. The normalized spacial score (nSPS) is 16.6. The third kappa shape index (κ3) is 6.86. The Bertz CT molecular complexity index is 2010. The average molecular weight is 655 g/mol. The maximum absolute atomic E-state index is 13.8. The number of para-hydroxylation sites is 1. The van der Waals surface area contributed by atoms with E-state index in [1.54, 1.807) is 35.9 Å². The van der Waals surface area contributed by atoms with Gasteiger partial charge < -0.3 is 14.2 Å². The van der Waals surface area contributed by atoms with Crippen molar-refractivity contribution in [1.82, 2.24) is 19.3 Å². The van der Waals surface area contributed by atoms with Crippen LogP contribution in [0.5, 0.6) is 11.5 Å². The summed E-state index contributed by atoms with van der Waals surface area (Å²) in [5.74, 6) is 0.177. The van der Waals surface area contributed by atoms with Crippen molar-refractivity contribution in [2.45, 2.75) is 57.3 Å². The summed E-state index contributed by atoms with van der Waals surface area (Å²) in [5, 5.41) is 8.61. The van der Waals surface area contributed by atoms with Gasteiger partial charge in [0, 0.05) is 19.5 Å². The number of benzene rings is 4. The van der Waals surface area contributed by atoms with Crippen LogP contribution in [-0.4, -0.2) is 52.9 Å². The fraction of sp³-hybridized carbons (Fsp3) is 0.306. The average Bonchev–Trinajstić information content (AvgIpc) is 3.40. The Morgan fingerprint density at radius 2 is 1.79 bits per heavy atom. The minimum absolute atomic E-state index is 0.0699. The van der Waals surface area contributed by atoms with Gasteiger partial charge in [-0.25, -0.2) is 13.1 Å². The molecule has 11 heteroatoms. The van der Waals surface area contributed by atoms with E-state index >= 15 is 0 Å². The minimum Gasteiger partial charge on any atom is -0.488 e. The summed E-state index contributed by atoms with van der Waals surface area (Å²) in [7, 11) is -2.02. The van der Waals surface area contributed by atoms with Gasteiger partial charge in [0.15, 0.2) is 0 Å². The number of nitrogens with zero attached hydrogens (tertiary/aromatic N) is 4. The molecule has 4 aromatic carbocycles. The van der Waals surface area contributed by atoms with Crippen LogP contribution in [0.2, 0.25) is 0 Å². The van der Waals surface area contributed by atoms with Gasteiger partial charge in [0.25, 0.3) is 0 Å². The van der Waals surface area contributed by atoms with Crippen molar-refractivity contribution in [2.24, 2.45) is 7.05 Å². The van der Waals surface area contributed by atoms with Crippen molar-refractivity contribution in [3.05, 3.63) is 113 Å². The molecule has 6 rings (SSSR count). The largest absolute Gasteiger partial charge is 0.488 e. The molecule has 0 N–H and O–H groups in total. The second-order valence-electron chi connectivity index (χ2n) is 11.8. The summed E-state index contributed by atoms with van der Waals surface area (Å²) < 4.78 is 48.5. The molecule has 2 atom stereocenters. The van der Waals surface area contributed by atoms with Crippen LogP contribution >= 0.6 is 0 Å². The number of aromatic nitrogens is 3. The van der Waals surface area contributed by atoms with Crippen LogP contribution < -0.4 is 9.47 Å². The second kappa shape index (κ2) is 13.5. The summed E-state index contributed by atoms with van der Waals surface area (Å²) in [4.78, 5) is 13.2. The summed E-state index contributed by atoms with van der Waals surface area (Å²) in [6, 6.07) is 26.4. The van der Waals surface area contributed by atoms with Crippen molar-refractivity contribution in [3.63, 3.8) is 0 Å². The first-order valence-corrected chi connectivity index (χ1v) is 17.1. The van der Waals surface area contributed by atoms with Crippen LogP contribution in [0, 0.1) is 6.92 Å². The van der Waals surface area contributed by atoms with E-state index in [1.165, 1.54) is 4.31 Å². The molecule has 47 heavy (non-hydrogen) atoms. The van der Waals surface area contributed by atoms with Crippen LogP contribution in [0.1, 0.15) is 54.0 Å². The Labute approximate surface area is 274 Å². The number of carbonyl (C=O) groups excluding carboxylic acids is 1. The summed E-state index contributed by atoms with van der Waals surface area (Å²) in [6.45, 7) is 6.54. The Kier molecular flexibility index (Phi) is 9.28. The molecule has 0 amide bonds. The second-order valence-corrected chi connectivity index (χ2v) is 13.7. The van der Waals surface area contributed by atoms with Gasteiger partial charge in [-0.3, -0.25) is 4.79 Å². The topological polar surface area (TPSA) is 113 Å². The smallest absolute Gasteiger partial charge is 0.306 e. The van der Waals surface area contributed by atoms with E-state index in [9.17, 15) is 13.2 Å². The van der Waals surface area contributed by atoms with Gasteiger partial charge >= 0.3 is 5.97 Å². The first-order valence-electron chi connectivity index (χ1n) is 15.6. The number of hydrogen-bond donors (Lipinski definition) is 0. The first-order chi connectivity index (χ1) is 22.6. The lowest BCUT2D eigenvalue weighted by Crippen LogP contribution is -2.35. The third-order valence-electron chi connectivity index (χ3n) is 8.38. The summed E-state index contributed by atoms with van der Waals surface area (Å²) >= 11 is 0. The Morgan fingerprint density at radius 3 is 2.57 bits per heavy atom. The fourth-order valence-electron chi connectivity index (χ4n) is 5.99. The van der Waals surface area contributed by atoms with Crippen molar-refractivity contribution in [3.8, 4) is 11.5 Å². The minimum atomic E-state index is -3.84. The van der Waals surface area contributed by atoms with Crippen LogP contribution in [0.15, 0.2) is 89.8 Å². The number of carbonyl (C=O) groups is 1. The van der Waals surface area contributed by atoms with Crippen molar-refractivity contribution < 1.29 is 27.4 Å². The van der Waals surface area contributed by atoms with Crippen LogP contribution in [-0.2, 0) is 39.8 Å². The highest BCUT2D eigenvalue weighted by molar-refractivity contribution is 7.89. The quantitative estimate of drug-likeness (QED) is 0.171. The van der Waals surface area contributed by atoms with E-state index in [2.05, 4.69) is 10.3 Å². The number of hydrogen-bond acceptors (Lipinski definition) is 8. The van der Waals surface area contributed by atoms with E-state index in [0.717, 1.165) is 33.3 Å². The van der Waals surface area contributed by atoms with Gasteiger partial charge in [0.2, 0.25) is 10.0 Å². The van der Waals surface area contributed by atoms with Crippen LogP contribution in [0.3, 0.4) is 0 Å². The van der Waals surface area contributed by atoms with E-state index in [1.807, 2.05) is 81.6 Å². The number of aryl methyl sites for hydroxylation is 2. The number of sulfonamides is 1. The van der Waals surface area contributed by atoms with E-state index < -0.39 is 15.9 Å². The van der Waals surface area contributed by atoms with E-state index in [0.29, 0.717) is 23.6 Å². The molecule has 1 unspecified atom stereocenters. The summed E-state index contributed by atoms with van der Waals surface area (Å²) in [5.41, 5.74) is 5.80. The van der Waals surface area contributed by atoms with Gasteiger partial charge in [-0.05, 0) is 72.9 Å². The zero-order valence-electron chi connectivity index (χ0n) is 26.9. The molecule has 0 spiro atoms. The predicted molar refractivity (Wildman–Crippen MR) is 178 cm³/mol. The molecular weight excluding hydrogens is 616 g/mol. The molecule has 0 saturated carbocycles. The lowest BCUT2D eigenvalue weighted by atomic mass is 9.86. The number of esters is 1. The van der Waals surface area contributed by atoms with Gasteiger partial charge in [-0.2, -0.15) is 4.31 Å². The molecule has 244 valence electrons. The Balaban J connectivity index is 1.39. The standard InChI is InChI=1S/C36H38N4O6S/c1-5-44-35(41)20-30(28-18-31-36(39(4)38-37-31)33(19-28)45-23-26-11-7-6-8-12-26)27-16-15-24(2)29(17-27)22-40-21-25(3)46-32-13-9-10-14-34(32)47(40,42)43/h6-19,25,30H,5,20-23H2,1-4H3/t25-,30?/m1/s1. The molecule has 5 aromatic rings. The van der Waals surface area contributed by atoms with Crippen LogP contribution in [0.4, 0.5) is 0 Å². The van der Waals surface area contributed by atoms with Crippen molar-refractivity contribution in [1.29, 1.82) is 0 Å². The highest BCUT2D eigenvalue weighted by Gasteiger charge is 2.34. The van der Waals surface area contributed by atoms with Gasteiger partial charge in [-0.15, -0.1) is 5.10 Å². The maximum atomic E-state index is 13.8. The number of rotatable bonds is 10. The predicted octanol–water partition coefficient (Wildman–Crippen LogP) is 5.91. The third-order valence-corrected chi connectivity index (χ3v) is 10.2. The highest BCUT2D eigenvalue weighted by atomic mass is 32.2. The zero-order valence-corrected chi connectivity index (χ0v) is 27.7. The van der Waals surface area contributed by atoms with Gasteiger partial charge in [0.1, 0.15) is 40.1 Å². The molecule has 1 aliphatic rings. The monoisotopic (exact) mass is 654 g/mol. The SMILES string of the molecule is CCOC(=O)CC(c1ccc(C)c(CN2C[C@@H](C)Oc3ccccc3S2(=O)=O)c1)c1cc(OCc2ccccc2)c2c(c1)nnn2C. The van der Waals surface area contributed by atoms with Crippen LogP contribution in [0.25, 0.3) is 11.0 Å². The zero-order chi connectivity index (χ0) is 33.1. The highest BCUT2D eigenvalue weighted by Crippen LogP contribution is 2.37. The summed E-state index contributed by atoms with van der Waals surface area (Å²) in [6.07, 6.45) is -0.276. The van der Waals surface area contributed by atoms with Gasteiger partial charge in [0.05, 0.1) is 19.6 Å². The maximum Gasteiger partial charge on any atom is 0.306 e. The van der Waals surface area contributed by atoms with E-state index in [4.69, 9.17) is 14.2 Å². The van der Waals surface area contributed by atoms with Crippen molar-refractivity contribution in [2.75, 3.05) is 13.2 Å².